The summed E-state index contributed by atoms with van der Waals surface area (Å²) in [6.45, 7) is 0. The first-order chi connectivity index (χ1) is 11.4. The van der Waals surface area contributed by atoms with E-state index in [4.69, 9.17) is 0 Å². The van der Waals surface area contributed by atoms with Gasteiger partial charge in [0.1, 0.15) is 0 Å². The van der Waals surface area contributed by atoms with Gasteiger partial charge in [-0.1, -0.05) is 36.4 Å². The predicted molar refractivity (Wildman–Crippen MR) is 95.6 cm³/mol. The van der Waals surface area contributed by atoms with Crippen molar-refractivity contribution < 1.29 is 0 Å². The summed E-state index contributed by atoms with van der Waals surface area (Å²) >= 11 is 0. The number of allylic oxidation sites excluding steroid dienone is 4. The Morgan fingerprint density at radius 1 is 0.913 bits per heavy atom. The van der Waals surface area contributed by atoms with Gasteiger partial charge < -0.3 is 10.2 Å². The number of aliphatic imine (C=N–C) groups is 1. The third-order valence-electron chi connectivity index (χ3n) is 4.49. The summed E-state index contributed by atoms with van der Waals surface area (Å²) in [5.74, 6) is 0.221. The molecule has 1 unspecified atom stereocenters. The maximum absolute atomic E-state index is 4.48. The van der Waals surface area contributed by atoms with Gasteiger partial charge >= 0.3 is 0 Å². The highest BCUT2D eigenvalue weighted by atomic mass is 15.2. The standard InChI is InChI=1S/C20H15N3/c1-3-9-19-16(6-1)22-17-7-2-4-10-20(17)23(19)18-11-5-8-15-14(18)12-13-21-15/h1-14,22H. The molecule has 23 heavy (non-hydrogen) atoms. The maximum Gasteiger partial charge on any atom is 0.0695 e. The second kappa shape index (κ2) is 4.71. The molecule has 0 amide bonds. The fourth-order valence-electron chi connectivity index (χ4n) is 3.46. The number of nitrogens with zero attached hydrogens (tertiary/aromatic N) is 2. The van der Waals surface area contributed by atoms with Gasteiger partial charge in [0.2, 0.25) is 0 Å². The fraction of sp³-hybridized carbons (Fsp3) is 0.0500. The minimum absolute atomic E-state index is 0.221. The van der Waals surface area contributed by atoms with Gasteiger partial charge in [-0.25, -0.2) is 0 Å². The first-order valence-electron chi connectivity index (χ1n) is 7.80. The van der Waals surface area contributed by atoms with Gasteiger partial charge in [-0.3, -0.25) is 4.99 Å². The lowest BCUT2D eigenvalue weighted by Crippen LogP contribution is -2.29. The maximum atomic E-state index is 4.48. The van der Waals surface area contributed by atoms with Crippen LogP contribution in [-0.2, 0) is 0 Å². The van der Waals surface area contributed by atoms with Crippen molar-refractivity contribution in [2.45, 2.75) is 0 Å². The zero-order valence-corrected chi connectivity index (χ0v) is 12.5. The molecule has 0 saturated carbocycles. The molecule has 5 rings (SSSR count). The number of benzene rings is 2. The predicted octanol–water partition coefficient (Wildman–Crippen LogP) is 4.92. The minimum atomic E-state index is 0.221. The third kappa shape index (κ3) is 1.80. The van der Waals surface area contributed by atoms with Gasteiger partial charge in [0.15, 0.2) is 0 Å². The molecule has 2 aliphatic heterocycles. The summed E-state index contributed by atoms with van der Waals surface area (Å²) in [4.78, 5) is 6.83. The highest BCUT2D eigenvalue weighted by molar-refractivity contribution is 6.05. The van der Waals surface area contributed by atoms with E-state index in [1.54, 1.807) is 0 Å². The molecule has 2 aromatic rings. The van der Waals surface area contributed by atoms with E-state index in [0.717, 1.165) is 17.1 Å². The van der Waals surface area contributed by atoms with Crippen molar-refractivity contribution in [3.8, 4) is 0 Å². The largest absolute Gasteiger partial charge is 0.352 e. The molecular formula is C20H15N3. The molecule has 1 aliphatic carbocycles. The number of rotatable bonds is 1. The van der Waals surface area contributed by atoms with Crippen LogP contribution in [0.25, 0.3) is 0 Å². The lowest BCUT2D eigenvalue weighted by molar-refractivity contribution is 0.963. The molecule has 0 aromatic heterocycles. The Morgan fingerprint density at radius 2 is 1.61 bits per heavy atom. The fourth-order valence-corrected chi connectivity index (χ4v) is 3.46. The molecule has 0 saturated heterocycles. The van der Waals surface area contributed by atoms with E-state index in [-0.39, 0.29) is 5.92 Å². The number of para-hydroxylation sites is 4. The van der Waals surface area contributed by atoms with Gasteiger partial charge in [0, 0.05) is 11.9 Å². The number of hydrogen-bond donors (Lipinski definition) is 1. The van der Waals surface area contributed by atoms with Gasteiger partial charge in [0.25, 0.3) is 0 Å². The van der Waals surface area contributed by atoms with Gasteiger partial charge in [-0.05, 0) is 36.4 Å². The van der Waals surface area contributed by atoms with Crippen molar-refractivity contribution in [2.24, 2.45) is 10.9 Å². The van der Waals surface area contributed by atoms with Crippen molar-refractivity contribution in [1.29, 1.82) is 0 Å². The third-order valence-corrected chi connectivity index (χ3v) is 4.49. The molecule has 1 atom stereocenters. The molecule has 0 bridgehead atoms. The Kier molecular flexibility index (Phi) is 2.56. The lowest BCUT2D eigenvalue weighted by Gasteiger charge is -2.37. The monoisotopic (exact) mass is 297 g/mol. The summed E-state index contributed by atoms with van der Waals surface area (Å²) in [6, 6.07) is 16.9. The molecule has 0 spiro atoms. The molecule has 3 nitrogen and oxygen atoms in total. The van der Waals surface area contributed by atoms with Crippen LogP contribution in [0.4, 0.5) is 22.7 Å². The second-order valence-corrected chi connectivity index (χ2v) is 5.82. The van der Waals surface area contributed by atoms with Crippen molar-refractivity contribution in [1.82, 2.24) is 0 Å². The molecule has 2 heterocycles. The zero-order valence-electron chi connectivity index (χ0n) is 12.5. The number of anilines is 4. The topological polar surface area (TPSA) is 27.6 Å². The quantitative estimate of drug-likeness (QED) is 0.809. The SMILES string of the molecule is C1=CC2=NC=CC2C(N2c3ccccc3Nc3ccccc32)=C1. The molecule has 3 heteroatoms. The van der Waals surface area contributed by atoms with Gasteiger partial charge in [0.05, 0.1) is 34.4 Å². The van der Waals surface area contributed by atoms with Crippen molar-refractivity contribution in [3.05, 3.63) is 84.7 Å². The zero-order chi connectivity index (χ0) is 15.2. The van der Waals surface area contributed by atoms with Gasteiger partial charge in [-0.15, -0.1) is 0 Å². The van der Waals surface area contributed by atoms with Crippen LogP contribution in [0, 0.1) is 5.92 Å². The van der Waals surface area contributed by atoms with Crippen LogP contribution in [0.5, 0.6) is 0 Å². The van der Waals surface area contributed by atoms with E-state index in [1.165, 1.54) is 17.1 Å². The van der Waals surface area contributed by atoms with Crippen LogP contribution < -0.4 is 10.2 Å². The highest BCUT2D eigenvalue weighted by Gasteiger charge is 2.31. The molecule has 2 aromatic carbocycles. The average Bonchev–Trinajstić information content (AvgIpc) is 3.08. The molecule has 3 aliphatic rings. The van der Waals surface area contributed by atoms with E-state index < -0.39 is 0 Å². The first-order valence-corrected chi connectivity index (χ1v) is 7.80. The normalized spacial score (nSPS) is 20.2. The summed E-state index contributed by atoms with van der Waals surface area (Å²) in [7, 11) is 0. The highest BCUT2D eigenvalue weighted by Crippen LogP contribution is 2.47. The van der Waals surface area contributed by atoms with Crippen LogP contribution in [0.15, 0.2) is 89.7 Å². The molecular weight excluding hydrogens is 282 g/mol. The van der Waals surface area contributed by atoms with E-state index in [1.807, 2.05) is 6.20 Å². The van der Waals surface area contributed by atoms with Gasteiger partial charge in [-0.2, -0.15) is 0 Å². The second-order valence-electron chi connectivity index (χ2n) is 5.82. The van der Waals surface area contributed by atoms with Crippen molar-refractivity contribution in [3.63, 3.8) is 0 Å². The van der Waals surface area contributed by atoms with Crippen molar-refractivity contribution >= 4 is 28.5 Å². The summed E-state index contributed by atoms with van der Waals surface area (Å²) in [6.07, 6.45) is 10.4. The minimum Gasteiger partial charge on any atom is -0.352 e. The van der Waals surface area contributed by atoms with Crippen molar-refractivity contribution in [2.75, 3.05) is 10.2 Å². The van der Waals surface area contributed by atoms with Crippen LogP contribution in [0.1, 0.15) is 0 Å². The Morgan fingerprint density at radius 3 is 2.35 bits per heavy atom. The van der Waals surface area contributed by atoms with Crippen LogP contribution in [0.3, 0.4) is 0 Å². The van der Waals surface area contributed by atoms with Crippen LogP contribution in [0.2, 0.25) is 0 Å². The van der Waals surface area contributed by atoms with E-state index in [2.05, 4.69) is 88.0 Å². The number of hydrogen-bond acceptors (Lipinski definition) is 3. The van der Waals surface area contributed by atoms with Crippen LogP contribution in [-0.4, -0.2) is 5.71 Å². The van der Waals surface area contributed by atoms with E-state index in [9.17, 15) is 0 Å². The molecule has 0 radical (unpaired) electrons. The summed E-state index contributed by atoms with van der Waals surface area (Å²) < 4.78 is 0. The average molecular weight is 297 g/mol. The number of fused-ring (bicyclic) bond motifs is 3. The van der Waals surface area contributed by atoms with E-state index in [0.29, 0.717) is 0 Å². The Balaban J connectivity index is 1.74. The Bertz CT molecular complexity index is 872. The lowest BCUT2D eigenvalue weighted by atomic mass is 9.93. The molecule has 1 N–H and O–H groups in total. The molecule has 0 fully saturated rings. The molecule has 110 valence electrons. The number of nitrogens with one attached hydrogen (secondary N) is 1. The summed E-state index contributed by atoms with van der Waals surface area (Å²) in [5, 5.41) is 3.53. The summed E-state index contributed by atoms with van der Waals surface area (Å²) in [5.41, 5.74) is 6.95. The first kappa shape index (κ1) is 12.5. The van der Waals surface area contributed by atoms with E-state index >= 15 is 0 Å². The Labute approximate surface area is 135 Å². The smallest absolute Gasteiger partial charge is 0.0695 e. The Hall–Kier alpha value is -3.07. The van der Waals surface area contributed by atoms with Crippen LogP contribution >= 0.6 is 0 Å².